The zero-order valence-electron chi connectivity index (χ0n) is 14.6. The first-order valence-corrected chi connectivity index (χ1v) is 8.30. The second-order valence-electron chi connectivity index (χ2n) is 6.01. The van der Waals surface area contributed by atoms with Crippen LogP contribution in [0.15, 0.2) is 36.4 Å². The number of ether oxygens (including phenoxy) is 1. The number of hydrogen-bond acceptors (Lipinski definition) is 3. The van der Waals surface area contributed by atoms with Crippen LogP contribution in [-0.2, 0) is 9.59 Å². The summed E-state index contributed by atoms with van der Waals surface area (Å²) in [6.45, 7) is 7.49. The predicted molar refractivity (Wildman–Crippen MR) is 100 cm³/mol. The Morgan fingerprint density at radius 2 is 1.68 bits per heavy atom. The number of benzene rings is 2. The second kappa shape index (κ2) is 8.03. The molecule has 6 heteroatoms. The van der Waals surface area contributed by atoms with Crippen molar-refractivity contribution in [2.45, 2.75) is 33.8 Å². The highest BCUT2D eigenvalue weighted by Crippen LogP contribution is 2.28. The first-order chi connectivity index (χ1) is 11.8. The fourth-order valence-electron chi connectivity index (χ4n) is 2.35. The maximum Gasteiger partial charge on any atom is 0.314 e. The lowest BCUT2D eigenvalue weighted by Gasteiger charge is -2.15. The van der Waals surface area contributed by atoms with Crippen LogP contribution in [0.2, 0.25) is 5.02 Å². The number of anilines is 2. The standard InChI is InChI=1S/C19H21ClN2O3/c1-11(2)25-16-8-6-5-7-15(16)21-18(23)19(24)22-17-13(4)9-12(3)10-14(17)20/h5-11H,1-4H3,(H,21,23)(H,22,24). The molecule has 0 unspecified atom stereocenters. The monoisotopic (exact) mass is 360 g/mol. The lowest BCUT2D eigenvalue weighted by Crippen LogP contribution is -2.29. The molecule has 0 spiro atoms. The van der Waals surface area contributed by atoms with Crippen LogP contribution >= 0.6 is 11.6 Å². The van der Waals surface area contributed by atoms with Gasteiger partial charge >= 0.3 is 11.8 Å². The van der Waals surface area contributed by atoms with Crippen LogP contribution in [0.4, 0.5) is 11.4 Å². The normalized spacial score (nSPS) is 10.5. The number of nitrogens with one attached hydrogen (secondary N) is 2. The number of carbonyl (C=O) groups is 2. The van der Waals surface area contributed by atoms with Gasteiger partial charge in [0, 0.05) is 0 Å². The maximum absolute atomic E-state index is 12.2. The zero-order valence-corrected chi connectivity index (χ0v) is 15.4. The maximum atomic E-state index is 12.2. The van der Waals surface area contributed by atoms with Gasteiger partial charge < -0.3 is 15.4 Å². The van der Waals surface area contributed by atoms with Crippen molar-refractivity contribution in [1.82, 2.24) is 0 Å². The molecule has 5 nitrogen and oxygen atoms in total. The number of aryl methyl sites for hydroxylation is 2. The van der Waals surface area contributed by atoms with Crippen LogP contribution in [-0.4, -0.2) is 17.9 Å². The summed E-state index contributed by atoms with van der Waals surface area (Å²) in [5, 5.41) is 5.52. The molecule has 0 aliphatic rings. The van der Waals surface area contributed by atoms with Crippen molar-refractivity contribution < 1.29 is 14.3 Å². The molecule has 132 valence electrons. The molecule has 2 aromatic rings. The Labute approximate surface area is 152 Å². The molecule has 0 radical (unpaired) electrons. The van der Waals surface area contributed by atoms with Crippen molar-refractivity contribution in [3.05, 3.63) is 52.5 Å². The Kier molecular flexibility index (Phi) is 6.04. The van der Waals surface area contributed by atoms with Crippen LogP contribution in [0, 0.1) is 13.8 Å². The van der Waals surface area contributed by atoms with Crippen molar-refractivity contribution in [2.75, 3.05) is 10.6 Å². The van der Waals surface area contributed by atoms with E-state index < -0.39 is 11.8 Å². The van der Waals surface area contributed by atoms with E-state index in [9.17, 15) is 9.59 Å². The molecule has 25 heavy (non-hydrogen) atoms. The molecule has 2 aromatic carbocycles. The first kappa shape index (κ1) is 18.8. The molecule has 2 N–H and O–H groups in total. The van der Waals surface area contributed by atoms with Gasteiger partial charge in [0.1, 0.15) is 5.75 Å². The Hall–Kier alpha value is -2.53. The summed E-state index contributed by atoms with van der Waals surface area (Å²) in [6.07, 6.45) is -0.0547. The third-order valence-electron chi connectivity index (χ3n) is 3.37. The van der Waals surface area contributed by atoms with Gasteiger partial charge in [0.2, 0.25) is 0 Å². The highest BCUT2D eigenvalue weighted by atomic mass is 35.5. The Bertz CT molecular complexity index is 780. The van der Waals surface area contributed by atoms with Crippen molar-refractivity contribution in [3.8, 4) is 5.75 Å². The number of halogens is 1. The molecule has 0 bridgehead atoms. The lowest BCUT2D eigenvalue weighted by atomic mass is 10.1. The van der Waals surface area contributed by atoms with Crippen molar-refractivity contribution in [1.29, 1.82) is 0 Å². The Morgan fingerprint density at radius 3 is 2.32 bits per heavy atom. The zero-order chi connectivity index (χ0) is 18.6. The van der Waals surface area contributed by atoms with E-state index in [-0.39, 0.29) is 6.10 Å². The van der Waals surface area contributed by atoms with E-state index in [0.717, 1.165) is 11.1 Å². The van der Waals surface area contributed by atoms with Gasteiger partial charge in [-0.05, 0) is 57.0 Å². The van der Waals surface area contributed by atoms with Crippen LogP contribution in [0.3, 0.4) is 0 Å². The highest BCUT2D eigenvalue weighted by molar-refractivity contribution is 6.45. The molecule has 0 fully saturated rings. The van der Waals surface area contributed by atoms with Gasteiger partial charge in [0.05, 0.1) is 22.5 Å². The predicted octanol–water partition coefficient (Wildman–Crippen LogP) is 4.32. The van der Waals surface area contributed by atoms with E-state index in [1.165, 1.54) is 0 Å². The van der Waals surface area contributed by atoms with Crippen LogP contribution in [0.25, 0.3) is 0 Å². The average molecular weight is 361 g/mol. The minimum atomic E-state index is -0.798. The lowest BCUT2D eigenvalue weighted by molar-refractivity contribution is -0.133. The van der Waals surface area contributed by atoms with E-state index in [4.69, 9.17) is 16.3 Å². The first-order valence-electron chi connectivity index (χ1n) is 7.92. The van der Waals surface area contributed by atoms with Crippen molar-refractivity contribution >= 4 is 34.8 Å². The fraction of sp³-hybridized carbons (Fsp3) is 0.263. The van der Waals surface area contributed by atoms with E-state index in [1.54, 1.807) is 30.3 Å². The van der Waals surface area contributed by atoms with Crippen LogP contribution < -0.4 is 15.4 Å². The number of carbonyl (C=O) groups excluding carboxylic acids is 2. The van der Waals surface area contributed by atoms with Gasteiger partial charge in [-0.1, -0.05) is 29.8 Å². The summed E-state index contributed by atoms with van der Waals surface area (Å²) < 4.78 is 5.63. The highest BCUT2D eigenvalue weighted by Gasteiger charge is 2.18. The molecule has 0 saturated heterocycles. The number of hydrogen-bond donors (Lipinski definition) is 2. The smallest absolute Gasteiger partial charge is 0.314 e. The molecule has 0 aromatic heterocycles. The quantitative estimate of drug-likeness (QED) is 0.798. The number of para-hydroxylation sites is 2. The summed E-state index contributed by atoms with van der Waals surface area (Å²) in [5.74, 6) is -1.09. The minimum absolute atomic E-state index is 0.0547. The van der Waals surface area contributed by atoms with Gasteiger partial charge in [0.25, 0.3) is 0 Å². The summed E-state index contributed by atoms with van der Waals surface area (Å²) in [6, 6.07) is 10.6. The largest absolute Gasteiger partial charge is 0.489 e. The van der Waals surface area contributed by atoms with Crippen molar-refractivity contribution in [2.24, 2.45) is 0 Å². The summed E-state index contributed by atoms with van der Waals surface area (Å²) >= 11 is 6.16. The molecule has 2 rings (SSSR count). The summed E-state index contributed by atoms with van der Waals surface area (Å²) in [4.78, 5) is 24.4. The summed E-state index contributed by atoms with van der Waals surface area (Å²) in [5.41, 5.74) is 2.63. The molecular weight excluding hydrogens is 340 g/mol. The van der Waals surface area contributed by atoms with Crippen LogP contribution in [0.5, 0.6) is 5.75 Å². The summed E-state index contributed by atoms with van der Waals surface area (Å²) in [7, 11) is 0. The van der Waals surface area contributed by atoms with Gasteiger partial charge in [-0.25, -0.2) is 0 Å². The fourth-order valence-corrected chi connectivity index (χ4v) is 2.72. The second-order valence-corrected chi connectivity index (χ2v) is 6.42. The van der Waals surface area contributed by atoms with Gasteiger partial charge in [0.15, 0.2) is 0 Å². The van der Waals surface area contributed by atoms with E-state index >= 15 is 0 Å². The topological polar surface area (TPSA) is 67.4 Å². The molecule has 0 aliphatic carbocycles. The Morgan fingerprint density at radius 1 is 1.04 bits per heavy atom. The average Bonchev–Trinajstić information content (AvgIpc) is 2.52. The van der Waals surface area contributed by atoms with E-state index in [2.05, 4.69) is 10.6 Å². The molecule has 0 aliphatic heterocycles. The van der Waals surface area contributed by atoms with E-state index in [0.29, 0.717) is 22.1 Å². The third-order valence-corrected chi connectivity index (χ3v) is 3.67. The SMILES string of the molecule is Cc1cc(C)c(NC(=O)C(=O)Nc2ccccc2OC(C)C)c(Cl)c1. The van der Waals surface area contributed by atoms with Crippen LogP contribution in [0.1, 0.15) is 25.0 Å². The molecule has 2 amide bonds. The van der Waals surface area contributed by atoms with Gasteiger partial charge in [-0.2, -0.15) is 0 Å². The third kappa shape index (κ3) is 4.97. The Balaban J connectivity index is 2.13. The van der Waals surface area contributed by atoms with Gasteiger partial charge in [-0.3, -0.25) is 9.59 Å². The minimum Gasteiger partial charge on any atom is -0.489 e. The molecule has 0 heterocycles. The number of amides is 2. The molecular formula is C19H21ClN2O3. The molecule has 0 saturated carbocycles. The van der Waals surface area contributed by atoms with Gasteiger partial charge in [-0.15, -0.1) is 0 Å². The number of rotatable bonds is 4. The van der Waals surface area contributed by atoms with E-state index in [1.807, 2.05) is 33.8 Å². The van der Waals surface area contributed by atoms with Crippen molar-refractivity contribution in [3.63, 3.8) is 0 Å². The molecule has 0 atom stereocenters.